The Kier molecular flexibility index (Phi) is 5.04. The van der Waals surface area contributed by atoms with Gasteiger partial charge in [0.25, 0.3) is 5.69 Å². The molecule has 3 aromatic rings. The van der Waals surface area contributed by atoms with Gasteiger partial charge < -0.3 is 9.47 Å². The van der Waals surface area contributed by atoms with Crippen LogP contribution < -0.4 is 9.47 Å². The third-order valence-corrected chi connectivity index (χ3v) is 4.11. The van der Waals surface area contributed by atoms with Crippen LogP contribution in [0.3, 0.4) is 0 Å². The van der Waals surface area contributed by atoms with Gasteiger partial charge in [-0.2, -0.15) is 0 Å². The molecule has 0 saturated carbocycles. The predicted octanol–water partition coefficient (Wildman–Crippen LogP) is 4.98. The lowest BCUT2D eigenvalue weighted by molar-refractivity contribution is -0.383. The van der Waals surface area contributed by atoms with Gasteiger partial charge in [0.15, 0.2) is 11.5 Å². The number of fused-ring (bicyclic) bond motifs is 1. The smallest absolute Gasteiger partial charge is 0.278 e. The number of ether oxygens (including phenoxy) is 2. The summed E-state index contributed by atoms with van der Waals surface area (Å²) in [7, 11) is 3.07. The van der Waals surface area contributed by atoms with Crippen molar-refractivity contribution in [2.24, 2.45) is 0 Å². The molecule has 0 unspecified atom stereocenters. The molecule has 0 spiro atoms. The van der Waals surface area contributed by atoms with Gasteiger partial charge >= 0.3 is 0 Å². The number of pyridine rings is 1. The van der Waals surface area contributed by atoms with Crippen LogP contribution in [-0.2, 0) is 0 Å². The van der Waals surface area contributed by atoms with Crippen LogP contribution >= 0.6 is 11.6 Å². The van der Waals surface area contributed by atoms with Gasteiger partial charge in [-0.25, -0.2) is 4.98 Å². The van der Waals surface area contributed by atoms with E-state index in [0.717, 1.165) is 5.56 Å². The number of benzene rings is 2. The van der Waals surface area contributed by atoms with Gasteiger partial charge in [0, 0.05) is 6.07 Å². The second kappa shape index (κ2) is 7.41. The molecule has 6 nitrogen and oxygen atoms in total. The van der Waals surface area contributed by atoms with Crippen LogP contribution in [-0.4, -0.2) is 24.1 Å². The number of rotatable bonds is 5. The number of non-ortho nitro benzene ring substituents is 1. The highest BCUT2D eigenvalue weighted by Gasteiger charge is 2.12. The maximum Gasteiger partial charge on any atom is 0.278 e. The zero-order chi connectivity index (χ0) is 18.7. The summed E-state index contributed by atoms with van der Waals surface area (Å²) in [6, 6.07) is 11.8. The van der Waals surface area contributed by atoms with Gasteiger partial charge in [0.05, 0.1) is 40.8 Å². The monoisotopic (exact) mass is 370 g/mol. The molecule has 0 radical (unpaired) electrons. The fraction of sp³-hybridized carbons (Fsp3) is 0.105. The zero-order valence-electron chi connectivity index (χ0n) is 14.1. The van der Waals surface area contributed by atoms with E-state index in [9.17, 15) is 10.1 Å². The fourth-order valence-electron chi connectivity index (χ4n) is 2.62. The minimum Gasteiger partial charge on any atom is -0.493 e. The molecule has 0 bridgehead atoms. The number of hydrogen-bond acceptors (Lipinski definition) is 5. The van der Waals surface area contributed by atoms with E-state index in [-0.39, 0.29) is 5.69 Å². The van der Waals surface area contributed by atoms with Crippen LogP contribution in [0.2, 0.25) is 5.02 Å². The lowest BCUT2D eigenvalue weighted by atomic mass is 10.1. The van der Waals surface area contributed by atoms with E-state index in [4.69, 9.17) is 21.1 Å². The van der Waals surface area contributed by atoms with Crippen LogP contribution in [0.15, 0.2) is 42.5 Å². The predicted molar refractivity (Wildman–Crippen MR) is 102 cm³/mol. The summed E-state index contributed by atoms with van der Waals surface area (Å²) in [6.45, 7) is 0. The molecule has 0 atom stereocenters. The highest BCUT2D eigenvalue weighted by molar-refractivity contribution is 6.32. The Morgan fingerprint density at radius 1 is 1.12 bits per heavy atom. The van der Waals surface area contributed by atoms with Gasteiger partial charge in [0.1, 0.15) is 0 Å². The van der Waals surface area contributed by atoms with Crippen molar-refractivity contribution in [1.82, 2.24) is 4.98 Å². The summed E-state index contributed by atoms with van der Waals surface area (Å²) in [5.74, 6) is 1.00. The molecule has 0 amide bonds. The third-order valence-electron chi connectivity index (χ3n) is 3.83. The maximum absolute atomic E-state index is 11.1. The van der Waals surface area contributed by atoms with E-state index in [2.05, 4.69) is 4.98 Å². The first-order valence-corrected chi connectivity index (χ1v) is 8.05. The molecule has 7 heteroatoms. The van der Waals surface area contributed by atoms with Gasteiger partial charge in [-0.05, 0) is 42.0 Å². The van der Waals surface area contributed by atoms with Crippen LogP contribution in [0.5, 0.6) is 11.5 Å². The van der Waals surface area contributed by atoms with E-state index >= 15 is 0 Å². The van der Waals surface area contributed by atoms with Crippen molar-refractivity contribution in [1.29, 1.82) is 0 Å². The Bertz CT molecular complexity index is 1020. The van der Waals surface area contributed by atoms with Crippen molar-refractivity contribution < 1.29 is 14.4 Å². The van der Waals surface area contributed by atoms with E-state index in [1.54, 1.807) is 49.6 Å². The number of hydrogen-bond donors (Lipinski definition) is 0. The quantitative estimate of drug-likeness (QED) is 0.467. The van der Waals surface area contributed by atoms with Gasteiger partial charge in [-0.1, -0.05) is 23.7 Å². The first-order valence-electron chi connectivity index (χ1n) is 7.67. The van der Waals surface area contributed by atoms with Crippen molar-refractivity contribution in [3.63, 3.8) is 0 Å². The molecule has 0 aliphatic rings. The number of methoxy groups -OCH3 is 2. The Morgan fingerprint density at radius 3 is 2.62 bits per heavy atom. The van der Waals surface area contributed by atoms with Gasteiger partial charge in [-0.15, -0.1) is 0 Å². The molecule has 0 N–H and O–H groups in total. The molecule has 2 aromatic carbocycles. The lowest BCUT2D eigenvalue weighted by Gasteiger charge is -2.10. The topological polar surface area (TPSA) is 74.5 Å². The van der Waals surface area contributed by atoms with E-state index in [1.807, 2.05) is 6.08 Å². The normalized spacial score (nSPS) is 11.0. The first kappa shape index (κ1) is 17.7. The van der Waals surface area contributed by atoms with E-state index < -0.39 is 4.92 Å². The third kappa shape index (κ3) is 3.45. The Labute approximate surface area is 154 Å². The van der Waals surface area contributed by atoms with Crippen molar-refractivity contribution in [3.8, 4) is 11.5 Å². The molecule has 0 aliphatic heterocycles. The average Bonchev–Trinajstić information content (AvgIpc) is 2.64. The molecule has 0 saturated heterocycles. The van der Waals surface area contributed by atoms with Crippen molar-refractivity contribution in [2.45, 2.75) is 0 Å². The molecule has 1 aromatic heterocycles. The number of nitrogens with zero attached hydrogens (tertiary/aromatic N) is 2. The minimum atomic E-state index is -0.412. The Hall–Kier alpha value is -3.12. The highest BCUT2D eigenvalue weighted by Crippen LogP contribution is 2.36. The molecule has 0 aliphatic carbocycles. The van der Waals surface area contributed by atoms with Gasteiger partial charge in [0.2, 0.25) is 0 Å². The van der Waals surface area contributed by atoms with Crippen molar-refractivity contribution >= 4 is 40.3 Å². The summed E-state index contributed by atoms with van der Waals surface area (Å²) in [6.07, 6.45) is 3.63. The average molecular weight is 371 g/mol. The standard InChI is InChI=1S/C19H15ClN2O4/c1-25-18-11-12(10-15(20)19(18)26-2)6-7-13-8-9-14-16(21-13)4-3-5-17(14)22(23)24/h3-11H,1-2H3/b7-6+. The number of aromatic nitrogens is 1. The molecule has 3 rings (SSSR count). The second-order valence-corrected chi connectivity index (χ2v) is 5.82. The molecule has 1 heterocycles. The molecule has 0 fully saturated rings. The Balaban J connectivity index is 1.96. The van der Waals surface area contributed by atoms with Crippen LogP contribution in [0.1, 0.15) is 11.3 Å². The highest BCUT2D eigenvalue weighted by atomic mass is 35.5. The van der Waals surface area contributed by atoms with E-state index in [1.165, 1.54) is 13.2 Å². The summed E-state index contributed by atoms with van der Waals surface area (Å²) in [5, 5.41) is 12.0. The number of nitro groups is 1. The summed E-state index contributed by atoms with van der Waals surface area (Å²) < 4.78 is 10.5. The van der Waals surface area contributed by atoms with Gasteiger partial charge in [-0.3, -0.25) is 10.1 Å². The minimum absolute atomic E-state index is 0.0391. The first-order chi connectivity index (χ1) is 12.5. The van der Waals surface area contributed by atoms with Crippen LogP contribution in [0.4, 0.5) is 5.69 Å². The van der Waals surface area contributed by atoms with E-state index in [0.29, 0.717) is 33.1 Å². The summed E-state index contributed by atoms with van der Waals surface area (Å²) >= 11 is 6.20. The zero-order valence-corrected chi connectivity index (χ0v) is 14.9. The lowest BCUT2D eigenvalue weighted by Crippen LogP contribution is -1.92. The molecular formula is C19H15ClN2O4. The second-order valence-electron chi connectivity index (χ2n) is 5.41. The maximum atomic E-state index is 11.1. The van der Waals surface area contributed by atoms with Crippen LogP contribution in [0.25, 0.3) is 23.1 Å². The van der Waals surface area contributed by atoms with Crippen molar-refractivity contribution in [2.75, 3.05) is 14.2 Å². The Morgan fingerprint density at radius 2 is 1.92 bits per heavy atom. The molecule has 132 valence electrons. The number of nitro benzene ring substituents is 1. The largest absolute Gasteiger partial charge is 0.493 e. The molecular weight excluding hydrogens is 356 g/mol. The van der Waals surface area contributed by atoms with Crippen LogP contribution in [0, 0.1) is 10.1 Å². The number of halogens is 1. The SMILES string of the molecule is COc1cc(/C=C/c2ccc3c([N+](=O)[O-])cccc3n2)cc(Cl)c1OC. The summed E-state index contributed by atoms with van der Waals surface area (Å²) in [5.41, 5.74) is 2.08. The fourth-order valence-corrected chi connectivity index (χ4v) is 2.92. The summed E-state index contributed by atoms with van der Waals surface area (Å²) in [4.78, 5) is 15.1. The molecule has 26 heavy (non-hydrogen) atoms. The van der Waals surface area contributed by atoms with Crippen molar-refractivity contribution in [3.05, 3.63) is 68.9 Å².